The summed E-state index contributed by atoms with van der Waals surface area (Å²) < 4.78 is 0. The highest BCUT2D eigenvalue weighted by molar-refractivity contribution is 8.01. The van der Waals surface area contributed by atoms with Crippen LogP contribution in [0.2, 0.25) is 0 Å². The van der Waals surface area contributed by atoms with E-state index in [1.807, 2.05) is 6.07 Å². The molecule has 0 radical (unpaired) electrons. The molecule has 0 saturated carbocycles. The Hall–Kier alpha value is -1.08. The Morgan fingerprint density at radius 2 is 2.00 bits per heavy atom. The molecule has 0 aromatic heterocycles. The second-order valence-electron chi connectivity index (χ2n) is 5.63. The zero-order valence-electron chi connectivity index (χ0n) is 11.0. The molecule has 5 atom stereocenters. The molecule has 5 unspecified atom stereocenters. The highest BCUT2D eigenvalue weighted by Gasteiger charge is 2.50. The maximum absolute atomic E-state index is 11.9. The summed E-state index contributed by atoms with van der Waals surface area (Å²) in [5, 5.41) is 4.08. The number of hydrazine groups is 2. The van der Waals surface area contributed by atoms with E-state index in [2.05, 4.69) is 46.0 Å². The van der Waals surface area contributed by atoms with Gasteiger partial charge in [0.1, 0.15) is 5.25 Å². The zero-order chi connectivity index (χ0) is 13.5. The van der Waals surface area contributed by atoms with Gasteiger partial charge in [-0.05, 0) is 18.4 Å². The monoisotopic (exact) mass is 290 g/mol. The summed E-state index contributed by atoms with van der Waals surface area (Å²) in [5.41, 5.74) is 10.0. The molecule has 4 N–H and O–H groups in total. The van der Waals surface area contributed by atoms with Crippen LogP contribution in [0, 0.1) is 5.92 Å². The van der Waals surface area contributed by atoms with Crippen LogP contribution in [0.5, 0.6) is 0 Å². The fourth-order valence-electron chi connectivity index (χ4n) is 3.50. The van der Waals surface area contributed by atoms with Crippen LogP contribution >= 0.6 is 11.8 Å². The molecule has 106 valence electrons. The van der Waals surface area contributed by atoms with Crippen molar-refractivity contribution in [2.45, 2.75) is 35.5 Å². The molecule has 5 nitrogen and oxygen atoms in total. The van der Waals surface area contributed by atoms with Crippen LogP contribution in [-0.4, -0.2) is 22.6 Å². The first kappa shape index (κ1) is 12.6. The molecule has 1 aromatic carbocycles. The molecular weight excluding hydrogens is 272 g/mol. The van der Waals surface area contributed by atoms with Gasteiger partial charge in [0.25, 0.3) is 0 Å². The maximum atomic E-state index is 11.9. The minimum absolute atomic E-state index is 0.00766. The molecule has 3 aliphatic heterocycles. The largest absolute Gasteiger partial charge is 0.298 e. The first-order valence-electron chi connectivity index (χ1n) is 7.10. The number of benzene rings is 1. The SMILES string of the molecule is O=C1NNNC2C1SC1NC(c3ccccc3)CCC12. The molecule has 4 rings (SSSR count). The van der Waals surface area contributed by atoms with Crippen LogP contribution < -0.4 is 21.7 Å². The number of rotatable bonds is 1. The van der Waals surface area contributed by atoms with Crippen molar-refractivity contribution in [3.8, 4) is 0 Å². The van der Waals surface area contributed by atoms with Crippen LogP contribution in [-0.2, 0) is 4.79 Å². The first-order chi connectivity index (χ1) is 9.83. The Labute approximate surface area is 122 Å². The summed E-state index contributed by atoms with van der Waals surface area (Å²) in [7, 11) is 0. The van der Waals surface area contributed by atoms with E-state index in [0.29, 0.717) is 17.3 Å². The predicted molar refractivity (Wildman–Crippen MR) is 78.4 cm³/mol. The van der Waals surface area contributed by atoms with Gasteiger partial charge in [0.2, 0.25) is 5.91 Å². The number of hydrogen-bond acceptors (Lipinski definition) is 5. The van der Waals surface area contributed by atoms with Gasteiger partial charge in [-0.3, -0.25) is 15.5 Å². The van der Waals surface area contributed by atoms with E-state index in [-0.39, 0.29) is 17.2 Å². The van der Waals surface area contributed by atoms with Crippen molar-refractivity contribution in [3.05, 3.63) is 35.9 Å². The van der Waals surface area contributed by atoms with Crippen molar-refractivity contribution in [2.75, 3.05) is 0 Å². The summed E-state index contributed by atoms with van der Waals surface area (Å²) >= 11 is 1.76. The smallest absolute Gasteiger partial charge is 0.250 e. The number of carbonyl (C=O) groups is 1. The zero-order valence-corrected chi connectivity index (χ0v) is 11.8. The van der Waals surface area contributed by atoms with E-state index < -0.39 is 0 Å². The number of fused-ring (bicyclic) bond motifs is 3. The van der Waals surface area contributed by atoms with Gasteiger partial charge in [-0.25, -0.2) is 5.43 Å². The van der Waals surface area contributed by atoms with Crippen LogP contribution in [0.25, 0.3) is 0 Å². The van der Waals surface area contributed by atoms with Crippen molar-refractivity contribution < 1.29 is 4.79 Å². The molecule has 0 aliphatic carbocycles. The molecular formula is C14H18N4OS. The van der Waals surface area contributed by atoms with Gasteiger partial charge in [0.05, 0.1) is 5.37 Å². The highest BCUT2D eigenvalue weighted by atomic mass is 32.2. The summed E-state index contributed by atoms with van der Waals surface area (Å²) in [6, 6.07) is 11.2. The third-order valence-electron chi connectivity index (χ3n) is 4.51. The van der Waals surface area contributed by atoms with Crippen LogP contribution in [0.3, 0.4) is 0 Å². The van der Waals surface area contributed by atoms with E-state index in [1.165, 1.54) is 5.56 Å². The van der Waals surface area contributed by atoms with Crippen LogP contribution in [0.4, 0.5) is 0 Å². The number of piperidine rings is 1. The summed E-state index contributed by atoms with van der Waals surface area (Å²) in [6.45, 7) is 0. The van der Waals surface area contributed by atoms with Crippen molar-refractivity contribution in [1.82, 2.24) is 21.7 Å². The minimum atomic E-state index is 0.00766. The lowest BCUT2D eigenvalue weighted by atomic mass is 9.85. The van der Waals surface area contributed by atoms with Crippen molar-refractivity contribution in [1.29, 1.82) is 0 Å². The minimum Gasteiger partial charge on any atom is -0.298 e. The number of thioether (sulfide) groups is 1. The first-order valence-corrected chi connectivity index (χ1v) is 8.04. The number of amides is 1. The Morgan fingerprint density at radius 1 is 1.15 bits per heavy atom. The Bertz CT molecular complexity index is 511. The van der Waals surface area contributed by atoms with Gasteiger partial charge >= 0.3 is 0 Å². The van der Waals surface area contributed by atoms with Gasteiger partial charge in [-0.1, -0.05) is 30.3 Å². The standard InChI is InChI=1S/C14H18N4OS/c19-13-12-11(16-18-17-13)9-6-7-10(15-14(9)20-12)8-4-2-1-3-5-8/h1-5,9-12,14-16,18H,6-7H2,(H,17,19). The lowest BCUT2D eigenvalue weighted by molar-refractivity contribution is -0.124. The lowest BCUT2D eigenvalue weighted by Gasteiger charge is -2.36. The molecule has 6 heteroatoms. The molecule has 1 aromatic rings. The molecule has 1 amide bonds. The Kier molecular flexibility index (Phi) is 3.18. The van der Waals surface area contributed by atoms with Gasteiger partial charge in [-0.2, -0.15) is 5.53 Å². The molecule has 3 saturated heterocycles. The van der Waals surface area contributed by atoms with Gasteiger partial charge in [0.15, 0.2) is 0 Å². The quantitative estimate of drug-likeness (QED) is 0.612. The van der Waals surface area contributed by atoms with E-state index >= 15 is 0 Å². The van der Waals surface area contributed by atoms with E-state index in [4.69, 9.17) is 0 Å². The number of nitrogens with one attached hydrogen (secondary N) is 4. The maximum Gasteiger partial charge on any atom is 0.250 e. The summed E-state index contributed by atoms with van der Waals surface area (Å²) in [4.78, 5) is 11.9. The van der Waals surface area contributed by atoms with Crippen molar-refractivity contribution in [2.24, 2.45) is 5.92 Å². The van der Waals surface area contributed by atoms with Crippen LogP contribution in [0.1, 0.15) is 24.4 Å². The summed E-state index contributed by atoms with van der Waals surface area (Å²) in [6.07, 6.45) is 2.27. The average molecular weight is 290 g/mol. The van der Waals surface area contributed by atoms with Gasteiger partial charge in [-0.15, -0.1) is 11.8 Å². The van der Waals surface area contributed by atoms with Gasteiger partial charge in [0, 0.05) is 18.0 Å². The summed E-state index contributed by atoms with van der Waals surface area (Å²) in [5.74, 6) is 0.592. The topological polar surface area (TPSA) is 65.2 Å². The third-order valence-corrected chi connectivity index (χ3v) is 6.09. The second kappa shape index (κ2) is 5.04. The molecule has 20 heavy (non-hydrogen) atoms. The molecule has 0 bridgehead atoms. The van der Waals surface area contributed by atoms with E-state index in [1.54, 1.807) is 11.8 Å². The third kappa shape index (κ3) is 2.03. The van der Waals surface area contributed by atoms with Crippen molar-refractivity contribution in [3.63, 3.8) is 0 Å². The molecule has 3 aliphatic rings. The predicted octanol–water partition coefficient (Wildman–Crippen LogP) is 0.676. The Morgan fingerprint density at radius 3 is 2.85 bits per heavy atom. The number of carbonyl (C=O) groups excluding carboxylic acids is 1. The highest BCUT2D eigenvalue weighted by Crippen LogP contribution is 2.45. The fourth-order valence-corrected chi connectivity index (χ4v) is 5.19. The second-order valence-corrected chi connectivity index (χ2v) is 6.92. The molecule has 3 fully saturated rings. The van der Waals surface area contributed by atoms with E-state index in [9.17, 15) is 4.79 Å². The molecule has 3 heterocycles. The van der Waals surface area contributed by atoms with Crippen LogP contribution in [0.15, 0.2) is 30.3 Å². The molecule has 0 spiro atoms. The lowest BCUT2D eigenvalue weighted by Crippen LogP contribution is -2.64. The van der Waals surface area contributed by atoms with E-state index in [0.717, 1.165) is 12.8 Å². The normalized spacial score (nSPS) is 39.8. The average Bonchev–Trinajstić information content (AvgIpc) is 2.87. The number of hydrogen-bond donors (Lipinski definition) is 4. The Balaban J connectivity index is 1.52. The fraction of sp³-hybridized carbons (Fsp3) is 0.500. The van der Waals surface area contributed by atoms with Gasteiger partial charge < -0.3 is 0 Å². The van der Waals surface area contributed by atoms with Crippen molar-refractivity contribution >= 4 is 17.7 Å².